The van der Waals surface area contributed by atoms with Gasteiger partial charge in [-0.1, -0.05) is 11.6 Å². The Morgan fingerprint density at radius 3 is 2.90 bits per heavy atom. The number of aryl methyl sites for hydroxylation is 1. The second kappa shape index (κ2) is 6.79. The molecule has 1 heterocycles. The van der Waals surface area contributed by atoms with E-state index in [-0.39, 0.29) is 10.7 Å². The zero-order valence-corrected chi connectivity index (χ0v) is 12.9. The van der Waals surface area contributed by atoms with E-state index in [0.29, 0.717) is 35.4 Å². The van der Waals surface area contributed by atoms with Crippen molar-refractivity contribution in [2.75, 3.05) is 13.7 Å². The highest BCUT2D eigenvalue weighted by Gasteiger charge is 2.17. The van der Waals surface area contributed by atoms with Crippen molar-refractivity contribution in [3.8, 4) is 10.9 Å². The number of ether oxygens (including phenoxy) is 2. The number of nitro benzene ring substituents is 1. The second-order valence-electron chi connectivity index (χ2n) is 4.15. The molecule has 21 heavy (non-hydrogen) atoms. The lowest BCUT2D eigenvalue weighted by Crippen LogP contribution is -1.96. The SMILES string of the molecule is COCCc1nsc(Oc2cc([N+](=O)[O-])c(Cl)cc2C)n1. The van der Waals surface area contributed by atoms with E-state index in [4.69, 9.17) is 21.1 Å². The molecule has 2 aromatic rings. The molecule has 0 fully saturated rings. The fourth-order valence-electron chi connectivity index (χ4n) is 1.56. The molecule has 0 N–H and O–H groups in total. The summed E-state index contributed by atoms with van der Waals surface area (Å²) >= 11 is 6.90. The Kier molecular flexibility index (Phi) is 5.05. The molecule has 0 aliphatic carbocycles. The first-order valence-electron chi connectivity index (χ1n) is 5.95. The summed E-state index contributed by atoms with van der Waals surface area (Å²) in [6, 6.07) is 2.77. The molecule has 0 aliphatic rings. The molecular formula is C12H12ClN3O4S. The molecule has 112 valence electrons. The van der Waals surface area contributed by atoms with Gasteiger partial charge in [0.1, 0.15) is 16.6 Å². The normalized spacial score (nSPS) is 10.6. The topological polar surface area (TPSA) is 87.4 Å². The highest BCUT2D eigenvalue weighted by atomic mass is 35.5. The van der Waals surface area contributed by atoms with Crippen LogP contribution in [0.5, 0.6) is 10.9 Å². The van der Waals surface area contributed by atoms with Crippen molar-refractivity contribution in [1.82, 2.24) is 9.36 Å². The van der Waals surface area contributed by atoms with E-state index in [1.165, 1.54) is 12.1 Å². The Morgan fingerprint density at radius 1 is 1.48 bits per heavy atom. The number of nitro groups is 1. The zero-order chi connectivity index (χ0) is 15.4. The number of halogens is 1. The zero-order valence-electron chi connectivity index (χ0n) is 11.3. The lowest BCUT2D eigenvalue weighted by Gasteiger charge is -2.06. The number of rotatable bonds is 6. The summed E-state index contributed by atoms with van der Waals surface area (Å²) in [5.41, 5.74) is 0.473. The number of aromatic nitrogens is 2. The van der Waals surface area contributed by atoms with E-state index in [9.17, 15) is 10.1 Å². The monoisotopic (exact) mass is 329 g/mol. The maximum absolute atomic E-state index is 10.9. The van der Waals surface area contributed by atoms with Crippen molar-refractivity contribution < 1.29 is 14.4 Å². The maximum Gasteiger partial charge on any atom is 0.298 e. The van der Waals surface area contributed by atoms with Crippen LogP contribution in [0.1, 0.15) is 11.4 Å². The van der Waals surface area contributed by atoms with Crippen LogP contribution in [0.25, 0.3) is 0 Å². The summed E-state index contributed by atoms with van der Waals surface area (Å²) in [7, 11) is 1.60. The van der Waals surface area contributed by atoms with E-state index in [2.05, 4.69) is 9.36 Å². The molecular weight excluding hydrogens is 318 g/mol. The lowest BCUT2D eigenvalue weighted by molar-refractivity contribution is -0.384. The van der Waals surface area contributed by atoms with Gasteiger partial charge >= 0.3 is 0 Å². The maximum atomic E-state index is 10.9. The van der Waals surface area contributed by atoms with Crippen molar-refractivity contribution in [1.29, 1.82) is 0 Å². The number of methoxy groups -OCH3 is 1. The van der Waals surface area contributed by atoms with E-state index in [1.54, 1.807) is 14.0 Å². The average Bonchev–Trinajstić information content (AvgIpc) is 2.86. The Hall–Kier alpha value is -1.77. The molecule has 1 aromatic heterocycles. The number of nitrogens with zero attached hydrogens (tertiary/aromatic N) is 3. The Morgan fingerprint density at radius 2 is 2.24 bits per heavy atom. The van der Waals surface area contributed by atoms with Gasteiger partial charge in [-0.3, -0.25) is 10.1 Å². The Bertz CT molecular complexity index is 662. The Labute approximate surface area is 129 Å². The van der Waals surface area contributed by atoms with Gasteiger partial charge in [0.25, 0.3) is 10.9 Å². The van der Waals surface area contributed by atoms with E-state index in [1.807, 2.05) is 0 Å². The predicted octanol–water partition coefficient (Wildman–Crippen LogP) is 3.39. The number of hydrogen-bond acceptors (Lipinski definition) is 7. The largest absolute Gasteiger partial charge is 0.429 e. The minimum atomic E-state index is -0.557. The molecule has 1 aromatic carbocycles. The van der Waals surface area contributed by atoms with E-state index < -0.39 is 4.92 Å². The van der Waals surface area contributed by atoms with E-state index >= 15 is 0 Å². The molecule has 2 rings (SSSR count). The third kappa shape index (κ3) is 3.87. The number of benzene rings is 1. The van der Waals surface area contributed by atoms with Crippen molar-refractivity contribution in [2.24, 2.45) is 0 Å². The second-order valence-corrected chi connectivity index (χ2v) is 5.27. The molecule has 0 radical (unpaired) electrons. The van der Waals surface area contributed by atoms with Gasteiger partial charge in [0, 0.05) is 25.1 Å². The van der Waals surface area contributed by atoms with Crippen LogP contribution in [-0.4, -0.2) is 28.0 Å². The molecule has 0 aliphatic heterocycles. The van der Waals surface area contributed by atoms with Crippen LogP contribution in [0, 0.1) is 17.0 Å². The van der Waals surface area contributed by atoms with Gasteiger partial charge in [0.05, 0.1) is 17.6 Å². The summed E-state index contributed by atoms with van der Waals surface area (Å²) in [5.74, 6) is 0.943. The quantitative estimate of drug-likeness (QED) is 0.596. The molecule has 0 saturated heterocycles. The van der Waals surface area contributed by atoms with Gasteiger partial charge in [-0.15, -0.1) is 0 Å². The first-order valence-corrected chi connectivity index (χ1v) is 7.10. The van der Waals surface area contributed by atoms with Crippen LogP contribution in [0.15, 0.2) is 12.1 Å². The molecule has 7 nitrogen and oxygen atoms in total. The summed E-state index contributed by atoms with van der Waals surface area (Å²) in [5, 5.41) is 11.3. The van der Waals surface area contributed by atoms with Gasteiger partial charge < -0.3 is 9.47 Å². The number of hydrogen-bond donors (Lipinski definition) is 0. The molecule has 9 heteroatoms. The molecule has 0 spiro atoms. The van der Waals surface area contributed by atoms with Crippen LogP contribution in [0.2, 0.25) is 5.02 Å². The third-order valence-corrected chi connectivity index (χ3v) is 3.55. The van der Waals surface area contributed by atoms with Gasteiger partial charge in [0.15, 0.2) is 0 Å². The summed E-state index contributed by atoms with van der Waals surface area (Å²) in [4.78, 5) is 14.5. The van der Waals surface area contributed by atoms with Gasteiger partial charge in [0.2, 0.25) is 0 Å². The van der Waals surface area contributed by atoms with E-state index in [0.717, 1.165) is 11.5 Å². The molecule has 0 bridgehead atoms. The standard InChI is InChI=1S/C12H12ClN3O4S/c1-7-5-8(13)9(16(17)18)6-10(7)20-12-14-11(15-21-12)3-4-19-2/h5-6H,3-4H2,1-2H3. The van der Waals surface area contributed by atoms with Crippen molar-refractivity contribution in [2.45, 2.75) is 13.3 Å². The summed E-state index contributed by atoms with van der Waals surface area (Å²) in [6.45, 7) is 2.26. The summed E-state index contributed by atoms with van der Waals surface area (Å²) in [6.07, 6.45) is 0.579. The van der Waals surface area contributed by atoms with Gasteiger partial charge in [-0.25, -0.2) is 0 Å². The highest BCUT2D eigenvalue weighted by Crippen LogP contribution is 2.34. The highest BCUT2D eigenvalue weighted by molar-refractivity contribution is 7.07. The third-order valence-electron chi connectivity index (χ3n) is 2.62. The fourth-order valence-corrected chi connectivity index (χ4v) is 2.44. The van der Waals surface area contributed by atoms with Crippen molar-refractivity contribution >= 4 is 28.8 Å². The van der Waals surface area contributed by atoms with Crippen molar-refractivity contribution in [3.05, 3.63) is 38.7 Å². The van der Waals surface area contributed by atoms with Crippen LogP contribution >= 0.6 is 23.1 Å². The first-order chi connectivity index (χ1) is 10.0. The molecule has 0 atom stereocenters. The Balaban J connectivity index is 2.21. The van der Waals surface area contributed by atoms with Crippen LogP contribution in [0.3, 0.4) is 0 Å². The first kappa shape index (κ1) is 15.6. The molecule has 0 saturated carbocycles. The molecule has 0 unspecified atom stereocenters. The minimum absolute atomic E-state index is 0.0721. The molecule has 0 amide bonds. The predicted molar refractivity (Wildman–Crippen MR) is 78.4 cm³/mol. The van der Waals surface area contributed by atoms with Crippen molar-refractivity contribution in [3.63, 3.8) is 0 Å². The van der Waals surface area contributed by atoms with Crippen LogP contribution < -0.4 is 4.74 Å². The smallest absolute Gasteiger partial charge is 0.298 e. The van der Waals surface area contributed by atoms with Gasteiger partial charge in [-0.05, 0) is 18.6 Å². The lowest BCUT2D eigenvalue weighted by atomic mass is 10.2. The summed E-state index contributed by atoms with van der Waals surface area (Å²) < 4.78 is 14.6. The average molecular weight is 330 g/mol. The minimum Gasteiger partial charge on any atom is -0.429 e. The fraction of sp³-hybridized carbons (Fsp3) is 0.333. The van der Waals surface area contributed by atoms with Crippen LogP contribution in [0.4, 0.5) is 5.69 Å². The van der Waals surface area contributed by atoms with Crippen LogP contribution in [-0.2, 0) is 11.2 Å². The van der Waals surface area contributed by atoms with Gasteiger partial charge in [-0.2, -0.15) is 9.36 Å².